The van der Waals surface area contributed by atoms with Crippen LogP contribution < -0.4 is 5.32 Å². The summed E-state index contributed by atoms with van der Waals surface area (Å²) < 4.78 is 0. The molecule has 2 aromatic rings. The molecular weight excluding hydrogens is 284 g/mol. The van der Waals surface area contributed by atoms with E-state index in [1.54, 1.807) is 0 Å². The van der Waals surface area contributed by atoms with E-state index >= 15 is 0 Å². The van der Waals surface area contributed by atoms with Crippen molar-refractivity contribution >= 4 is 12.4 Å². The standard InChI is InChI=1S/C16H20N4.ClH/c1-13-4-5-15(19-9-13)12-20-8-7-18-11-16(20)14-3-2-6-17-10-14;/h2-6,9-10,16,18H,7-8,11-12H2,1H3;1H. The van der Waals surface area contributed by atoms with Gasteiger partial charge in [0.15, 0.2) is 0 Å². The van der Waals surface area contributed by atoms with Gasteiger partial charge in [-0.05, 0) is 30.2 Å². The summed E-state index contributed by atoms with van der Waals surface area (Å²) in [5.74, 6) is 0. The zero-order valence-electron chi connectivity index (χ0n) is 12.2. The second-order valence-electron chi connectivity index (χ2n) is 5.30. The molecule has 3 heterocycles. The highest BCUT2D eigenvalue weighted by molar-refractivity contribution is 5.85. The van der Waals surface area contributed by atoms with Gasteiger partial charge in [0.2, 0.25) is 0 Å². The fraction of sp³-hybridized carbons (Fsp3) is 0.375. The lowest BCUT2D eigenvalue weighted by Gasteiger charge is -2.36. The molecule has 3 rings (SSSR count). The van der Waals surface area contributed by atoms with Gasteiger partial charge in [-0.25, -0.2) is 0 Å². The van der Waals surface area contributed by atoms with Crippen LogP contribution in [0.15, 0.2) is 42.9 Å². The SMILES string of the molecule is Cc1ccc(CN2CCNCC2c2cccnc2)nc1.Cl. The van der Waals surface area contributed by atoms with Gasteiger partial charge in [-0.15, -0.1) is 12.4 Å². The van der Waals surface area contributed by atoms with E-state index in [1.165, 1.54) is 11.1 Å². The van der Waals surface area contributed by atoms with Crippen LogP contribution >= 0.6 is 12.4 Å². The third-order valence-electron chi connectivity index (χ3n) is 3.76. The first kappa shape index (κ1) is 15.9. The van der Waals surface area contributed by atoms with E-state index in [1.807, 2.05) is 24.7 Å². The van der Waals surface area contributed by atoms with Crippen molar-refractivity contribution in [2.24, 2.45) is 0 Å². The van der Waals surface area contributed by atoms with E-state index in [0.29, 0.717) is 6.04 Å². The highest BCUT2D eigenvalue weighted by atomic mass is 35.5. The predicted molar refractivity (Wildman–Crippen MR) is 86.5 cm³/mol. The maximum absolute atomic E-state index is 4.52. The van der Waals surface area contributed by atoms with E-state index in [9.17, 15) is 0 Å². The van der Waals surface area contributed by atoms with Crippen molar-refractivity contribution in [3.8, 4) is 0 Å². The second-order valence-corrected chi connectivity index (χ2v) is 5.30. The minimum atomic E-state index is 0. The number of pyridine rings is 2. The third kappa shape index (κ3) is 4.00. The van der Waals surface area contributed by atoms with E-state index in [4.69, 9.17) is 0 Å². The van der Waals surface area contributed by atoms with E-state index < -0.39 is 0 Å². The van der Waals surface area contributed by atoms with Crippen molar-refractivity contribution in [3.63, 3.8) is 0 Å². The zero-order valence-corrected chi connectivity index (χ0v) is 13.0. The number of nitrogens with zero attached hydrogens (tertiary/aromatic N) is 3. The topological polar surface area (TPSA) is 41.0 Å². The quantitative estimate of drug-likeness (QED) is 0.945. The van der Waals surface area contributed by atoms with Crippen molar-refractivity contribution < 1.29 is 0 Å². The molecule has 0 amide bonds. The summed E-state index contributed by atoms with van der Waals surface area (Å²) in [4.78, 5) is 11.2. The van der Waals surface area contributed by atoms with Crippen LogP contribution in [-0.2, 0) is 6.54 Å². The van der Waals surface area contributed by atoms with Gasteiger partial charge in [0, 0.05) is 50.8 Å². The molecule has 1 N–H and O–H groups in total. The lowest BCUT2D eigenvalue weighted by atomic mass is 10.1. The van der Waals surface area contributed by atoms with Crippen molar-refractivity contribution in [1.82, 2.24) is 20.2 Å². The van der Waals surface area contributed by atoms with Crippen LogP contribution in [0.1, 0.15) is 22.9 Å². The van der Waals surface area contributed by atoms with Gasteiger partial charge in [0.25, 0.3) is 0 Å². The number of nitrogens with one attached hydrogen (secondary N) is 1. The molecule has 0 saturated carbocycles. The van der Waals surface area contributed by atoms with Crippen LogP contribution in [0.4, 0.5) is 0 Å². The fourth-order valence-corrected chi connectivity index (χ4v) is 2.64. The van der Waals surface area contributed by atoms with E-state index in [0.717, 1.165) is 31.9 Å². The van der Waals surface area contributed by atoms with Crippen LogP contribution in [0.25, 0.3) is 0 Å². The van der Waals surface area contributed by atoms with Crippen LogP contribution in [0.2, 0.25) is 0 Å². The number of halogens is 1. The zero-order chi connectivity index (χ0) is 13.8. The van der Waals surface area contributed by atoms with Crippen LogP contribution in [0.3, 0.4) is 0 Å². The third-order valence-corrected chi connectivity index (χ3v) is 3.76. The Labute approximate surface area is 132 Å². The molecule has 5 heteroatoms. The minimum Gasteiger partial charge on any atom is -0.314 e. The van der Waals surface area contributed by atoms with E-state index in [-0.39, 0.29) is 12.4 Å². The molecular formula is C16H21ClN4. The van der Waals surface area contributed by atoms with Gasteiger partial charge in [-0.3, -0.25) is 14.9 Å². The summed E-state index contributed by atoms with van der Waals surface area (Å²) >= 11 is 0. The molecule has 4 nitrogen and oxygen atoms in total. The molecule has 0 aromatic carbocycles. The van der Waals surface area contributed by atoms with Gasteiger partial charge in [0.05, 0.1) is 5.69 Å². The highest BCUT2D eigenvalue weighted by Crippen LogP contribution is 2.22. The molecule has 0 radical (unpaired) electrons. The van der Waals surface area contributed by atoms with Crippen molar-refractivity contribution in [1.29, 1.82) is 0 Å². The molecule has 2 aromatic heterocycles. The molecule has 0 bridgehead atoms. The smallest absolute Gasteiger partial charge is 0.0544 e. The molecule has 1 unspecified atom stereocenters. The Morgan fingerprint density at radius 2 is 2.19 bits per heavy atom. The van der Waals surface area contributed by atoms with Crippen LogP contribution in [0, 0.1) is 6.92 Å². The maximum Gasteiger partial charge on any atom is 0.0544 e. The summed E-state index contributed by atoms with van der Waals surface area (Å²) in [6, 6.07) is 8.79. The predicted octanol–water partition coefficient (Wildman–Crippen LogP) is 2.35. The molecule has 112 valence electrons. The first-order valence-corrected chi connectivity index (χ1v) is 7.09. The molecule has 0 aliphatic carbocycles. The largest absolute Gasteiger partial charge is 0.314 e. The van der Waals surface area contributed by atoms with Gasteiger partial charge in [-0.1, -0.05) is 12.1 Å². The summed E-state index contributed by atoms with van der Waals surface area (Å²) in [5.41, 5.74) is 3.61. The monoisotopic (exact) mass is 304 g/mol. The molecule has 1 aliphatic heterocycles. The lowest BCUT2D eigenvalue weighted by molar-refractivity contribution is 0.151. The summed E-state index contributed by atoms with van der Waals surface area (Å²) in [6.45, 7) is 6.00. The van der Waals surface area contributed by atoms with Gasteiger partial charge < -0.3 is 5.32 Å². The molecule has 21 heavy (non-hydrogen) atoms. The van der Waals surface area contributed by atoms with E-state index in [2.05, 4.69) is 45.3 Å². The lowest BCUT2D eigenvalue weighted by Crippen LogP contribution is -2.45. The Morgan fingerprint density at radius 1 is 1.29 bits per heavy atom. The van der Waals surface area contributed by atoms with Crippen molar-refractivity contribution in [2.45, 2.75) is 19.5 Å². The van der Waals surface area contributed by atoms with Gasteiger partial charge >= 0.3 is 0 Å². The minimum absolute atomic E-state index is 0. The molecule has 1 aliphatic rings. The van der Waals surface area contributed by atoms with Crippen LogP contribution in [0.5, 0.6) is 0 Å². The normalized spacial score (nSPS) is 19.0. The van der Waals surface area contributed by atoms with Crippen LogP contribution in [-0.4, -0.2) is 34.5 Å². The highest BCUT2D eigenvalue weighted by Gasteiger charge is 2.24. The first-order chi connectivity index (χ1) is 9.83. The van der Waals surface area contributed by atoms with Crippen molar-refractivity contribution in [2.75, 3.05) is 19.6 Å². The number of aryl methyl sites for hydroxylation is 1. The van der Waals surface area contributed by atoms with Crippen molar-refractivity contribution in [3.05, 3.63) is 59.7 Å². The number of aromatic nitrogens is 2. The first-order valence-electron chi connectivity index (χ1n) is 7.09. The Bertz CT molecular complexity index is 544. The maximum atomic E-state index is 4.52. The Morgan fingerprint density at radius 3 is 2.90 bits per heavy atom. The number of hydrogen-bond acceptors (Lipinski definition) is 4. The second kappa shape index (κ2) is 7.50. The number of hydrogen-bond donors (Lipinski definition) is 1. The Balaban J connectivity index is 0.00000161. The molecule has 1 atom stereocenters. The van der Waals surface area contributed by atoms with Gasteiger partial charge in [-0.2, -0.15) is 0 Å². The Kier molecular flexibility index (Phi) is 5.67. The average Bonchev–Trinajstić information content (AvgIpc) is 2.51. The average molecular weight is 305 g/mol. The summed E-state index contributed by atoms with van der Waals surface area (Å²) in [5, 5.41) is 3.47. The van der Waals surface area contributed by atoms with Gasteiger partial charge in [0.1, 0.15) is 0 Å². The summed E-state index contributed by atoms with van der Waals surface area (Å²) in [7, 11) is 0. The molecule has 0 spiro atoms. The number of rotatable bonds is 3. The number of piperazine rings is 1. The molecule has 1 fully saturated rings. The fourth-order valence-electron chi connectivity index (χ4n) is 2.64. The Hall–Kier alpha value is -1.49. The summed E-state index contributed by atoms with van der Waals surface area (Å²) in [6.07, 6.45) is 5.73. The molecule has 1 saturated heterocycles.